The van der Waals surface area contributed by atoms with Crippen molar-refractivity contribution < 1.29 is 9.59 Å². The van der Waals surface area contributed by atoms with Crippen LogP contribution in [0.2, 0.25) is 0 Å². The van der Waals surface area contributed by atoms with Crippen molar-refractivity contribution in [1.82, 2.24) is 0 Å². The van der Waals surface area contributed by atoms with E-state index in [0.717, 1.165) is 18.5 Å². The molecule has 0 fully saturated rings. The Morgan fingerprint density at radius 3 is 2.19 bits per heavy atom. The Balaban J connectivity index is 1.72. The van der Waals surface area contributed by atoms with Gasteiger partial charge in [0.2, 0.25) is 0 Å². The third-order valence-electron chi connectivity index (χ3n) is 4.11. The Hall–Kier alpha value is -1.64. The first-order valence-electron chi connectivity index (χ1n) is 8.21. The van der Waals surface area contributed by atoms with Gasteiger partial charge in [-0.3, -0.25) is 9.59 Å². The van der Waals surface area contributed by atoms with Crippen LogP contribution in [0.3, 0.4) is 0 Å². The van der Waals surface area contributed by atoms with E-state index >= 15 is 0 Å². The van der Waals surface area contributed by atoms with Gasteiger partial charge >= 0.3 is 0 Å². The number of fused-ring (bicyclic) bond motifs is 1. The van der Waals surface area contributed by atoms with Gasteiger partial charge in [0.15, 0.2) is 0 Å². The third-order valence-corrected chi connectivity index (χ3v) is 4.11. The fraction of sp³-hybridized carbons (Fsp3) is 0.556. The van der Waals surface area contributed by atoms with Crippen molar-refractivity contribution in [3.8, 4) is 0 Å². The van der Waals surface area contributed by atoms with E-state index in [4.69, 9.17) is 0 Å². The van der Waals surface area contributed by atoms with Gasteiger partial charge in [-0.25, -0.2) is 0 Å². The van der Waals surface area contributed by atoms with Gasteiger partial charge in [0.1, 0.15) is 0 Å². The van der Waals surface area contributed by atoms with Crippen LogP contribution in [-0.2, 0) is 4.79 Å². The van der Waals surface area contributed by atoms with Crippen LogP contribution in [0.4, 0.5) is 5.69 Å². The summed E-state index contributed by atoms with van der Waals surface area (Å²) in [5.74, 6) is -0.718. The van der Waals surface area contributed by atoms with E-state index in [2.05, 4.69) is 6.92 Å². The first-order chi connectivity index (χ1) is 10.3. The molecule has 1 aromatic carbocycles. The van der Waals surface area contributed by atoms with Crippen molar-refractivity contribution in [3.63, 3.8) is 0 Å². The summed E-state index contributed by atoms with van der Waals surface area (Å²) in [6.07, 6.45) is 9.88. The Labute approximate surface area is 127 Å². The summed E-state index contributed by atoms with van der Waals surface area (Å²) in [5, 5.41) is 0. The number of amides is 1. The molecule has 3 nitrogen and oxygen atoms in total. The summed E-state index contributed by atoms with van der Waals surface area (Å²) >= 11 is 0. The number of hydrogen-bond donors (Lipinski definition) is 0. The third kappa shape index (κ3) is 3.93. The Morgan fingerprint density at radius 1 is 0.857 bits per heavy atom. The van der Waals surface area contributed by atoms with Gasteiger partial charge in [-0.05, 0) is 18.6 Å². The van der Waals surface area contributed by atoms with Gasteiger partial charge in [0, 0.05) is 6.54 Å². The molecule has 0 saturated heterocycles. The van der Waals surface area contributed by atoms with E-state index in [-0.39, 0.29) is 11.7 Å². The average molecular weight is 287 g/mol. The number of Topliss-reactive ketones (excluding diaryl/α,β-unsaturated/α-hetero) is 1. The Bertz CT molecular complexity index is 496. The summed E-state index contributed by atoms with van der Waals surface area (Å²) in [6, 6.07) is 7.29. The second-order valence-corrected chi connectivity index (χ2v) is 5.78. The number of para-hydroxylation sites is 1. The number of unbranched alkanes of at least 4 members (excludes halogenated alkanes) is 7. The smallest absolute Gasteiger partial charge is 0.299 e. The van der Waals surface area contributed by atoms with Gasteiger partial charge in [-0.15, -0.1) is 0 Å². The van der Waals surface area contributed by atoms with E-state index in [0.29, 0.717) is 12.1 Å². The van der Waals surface area contributed by atoms with Gasteiger partial charge < -0.3 is 4.90 Å². The minimum atomic E-state index is -0.362. The lowest BCUT2D eigenvalue weighted by Crippen LogP contribution is -2.30. The molecule has 0 aliphatic carbocycles. The molecule has 1 aromatic rings. The summed E-state index contributed by atoms with van der Waals surface area (Å²) < 4.78 is 0. The van der Waals surface area contributed by atoms with E-state index < -0.39 is 0 Å². The largest absolute Gasteiger partial charge is 0.305 e. The van der Waals surface area contributed by atoms with Crippen molar-refractivity contribution in [1.29, 1.82) is 0 Å². The molecular formula is C18H25NO2. The lowest BCUT2D eigenvalue weighted by atomic mass is 10.1. The fourth-order valence-electron chi connectivity index (χ4n) is 2.87. The highest BCUT2D eigenvalue weighted by Gasteiger charge is 2.34. The molecule has 0 aromatic heterocycles. The molecular weight excluding hydrogens is 262 g/mol. The zero-order valence-corrected chi connectivity index (χ0v) is 12.9. The zero-order valence-electron chi connectivity index (χ0n) is 12.9. The summed E-state index contributed by atoms with van der Waals surface area (Å²) in [5.41, 5.74) is 1.34. The van der Waals surface area contributed by atoms with E-state index in [1.54, 1.807) is 11.0 Å². The molecule has 2 rings (SSSR count). The predicted molar refractivity (Wildman–Crippen MR) is 85.7 cm³/mol. The average Bonchev–Trinajstić information content (AvgIpc) is 2.75. The second-order valence-electron chi connectivity index (χ2n) is 5.78. The van der Waals surface area contributed by atoms with Crippen molar-refractivity contribution in [2.75, 3.05) is 11.4 Å². The molecule has 0 saturated carbocycles. The Morgan fingerprint density at radius 2 is 1.48 bits per heavy atom. The number of rotatable bonds is 9. The SMILES string of the molecule is CCCCCCCCCCN1C(=O)C(=O)c2ccccc21. The molecule has 0 radical (unpaired) electrons. The van der Waals surface area contributed by atoms with Crippen molar-refractivity contribution in [2.45, 2.75) is 58.3 Å². The van der Waals surface area contributed by atoms with Gasteiger partial charge in [-0.1, -0.05) is 64.0 Å². The lowest BCUT2D eigenvalue weighted by molar-refractivity contribution is -0.114. The number of nitrogens with zero attached hydrogens (tertiary/aromatic N) is 1. The van der Waals surface area contributed by atoms with Gasteiger partial charge in [-0.2, -0.15) is 0 Å². The van der Waals surface area contributed by atoms with Gasteiger partial charge in [0.25, 0.3) is 11.7 Å². The number of carbonyl (C=O) groups is 2. The van der Waals surface area contributed by atoms with Crippen LogP contribution in [-0.4, -0.2) is 18.2 Å². The first kappa shape index (κ1) is 15.7. The standard InChI is InChI=1S/C18H25NO2/c1-2-3-4-5-6-7-8-11-14-19-16-13-10-9-12-15(16)17(20)18(19)21/h9-10,12-13H,2-8,11,14H2,1H3. The molecule has 21 heavy (non-hydrogen) atoms. The molecule has 0 unspecified atom stereocenters. The molecule has 0 N–H and O–H groups in total. The van der Waals surface area contributed by atoms with Gasteiger partial charge in [0.05, 0.1) is 11.3 Å². The number of hydrogen-bond acceptors (Lipinski definition) is 2. The van der Waals surface area contributed by atoms with Crippen molar-refractivity contribution in [3.05, 3.63) is 29.8 Å². The highest BCUT2D eigenvalue weighted by atomic mass is 16.2. The topological polar surface area (TPSA) is 37.4 Å². The molecule has 1 aliphatic rings. The minimum absolute atomic E-state index is 0.356. The number of carbonyl (C=O) groups excluding carboxylic acids is 2. The van der Waals surface area contributed by atoms with Crippen LogP contribution in [0, 0.1) is 0 Å². The van der Waals surface area contributed by atoms with Crippen LogP contribution in [0.5, 0.6) is 0 Å². The minimum Gasteiger partial charge on any atom is -0.305 e. The highest BCUT2D eigenvalue weighted by molar-refractivity contribution is 6.52. The number of benzene rings is 1. The van der Waals surface area contributed by atoms with E-state index in [1.807, 2.05) is 18.2 Å². The fourth-order valence-corrected chi connectivity index (χ4v) is 2.87. The van der Waals surface area contributed by atoms with Crippen LogP contribution < -0.4 is 4.90 Å². The maximum absolute atomic E-state index is 12.0. The molecule has 0 bridgehead atoms. The van der Waals surface area contributed by atoms with Crippen molar-refractivity contribution >= 4 is 17.4 Å². The Kier molecular flexibility index (Phi) is 5.97. The lowest BCUT2D eigenvalue weighted by Gasteiger charge is -2.16. The summed E-state index contributed by atoms with van der Waals surface area (Å²) in [6.45, 7) is 2.89. The molecule has 1 amide bonds. The highest BCUT2D eigenvalue weighted by Crippen LogP contribution is 2.28. The monoisotopic (exact) mass is 287 g/mol. The molecule has 0 atom stereocenters. The van der Waals surface area contributed by atoms with Crippen LogP contribution >= 0.6 is 0 Å². The van der Waals surface area contributed by atoms with Crippen molar-refractivity contribution in [2.24, 2.45) is 0 Å². The van der Waals surface area contributed by atoms with E-state index in [9.17, 15) is 9.59 Å². The predicted octanol–water partition coefficient (Wildman–Crippen LogP) is 4.36. The maximum atomic E-state index is 12.0. The summed E-state index contributed by atoms with van der Waals surface area (Å²) in [7, 11) is 0. The second kappa shape index (κ2) is 7.96. The zero-order chi connectivity index (χ0) is 15.1. The van der Waals surface area contributed by atoms with E-state index in [1.165, 1.54) is 38.5 Å². The quantitative estimate of drug-likeness (QED) is 0.500. The molecule has 114 valence electrons. The molecule has 1 aliphatic heterocycles. The molecule has 3 heteroatoms. The van der Waals surface area contributed by atoms with Crippen LogP contribution in [0.25, 0.3) is 0 Å². The summed E-state index contributed by atoms with van der Waals surface area (Å²) in [4.78, 5) is 25.5. The van der Waals surface area contributed by atoms with Crippen LogP contribution in [0.15, 0.2) is 24.3 Å². The first-order valence-corrected chi connectivity index (χ1v) is 8.21. The molecule has 1 heterocycles. The maximum Gasteiger partial charge on any atom is 0.299 e. The number of ketones is 1. The normalized spacial score (nSPS) is 13.9. The number of anilines is 1. The molecule has 0 spiro atoms. The van der Waals surface area contributed by atoms with Crippen LogP contribution in [0.1, 0.15) is 68.6 Å².